The standard InChI is InChI=1S/C17H23N3/c1-12-5-3-6-13(11-12)16(18-2)14-7-4-8-15-17(14)20-10-9-19-15/h4,7-10,12-13,16,18H,3,5-6,11H2,1-2H3. The summed E-state index contributed by atoms with van der Waals surface area (Å²) in [7, 11) is 2.07. The van der Waals surface area contributed by atoms with Gasteiger partial charge in [-0.25, -0.2) is 0 Å². The van der Waals surface area contributed by atoms with Crippen LogP contribution in [0.15, 0.2) is 30.6 Å². The smallest absolute Gasteiger partial charge is 0.0934 e. The molecule has 3 heteroatoms. The van der Waals surface area contributed by atoms with Crippen LogP contribution in [0.2, 0.25) is 0 Å². The molecule has 1 fully saturated rings. The molecule has 0 saturated heterocycles. The van der Waals surface area contributed by atoms with Crippen molar-refractivity contribution in [2.24, 2.45) is 11.8 Å². The summed E-state index contributed by atoms with van der Waals surface area (Å²) >= 11 is 0. The van der Waals surface area contributed by atoms with Crippen LogP contribution in [-0.2, 0) is 0 Å². The molecule has 1 saturated carbocycles. The summed E-state index contributed by atoms with van der Waals surface area (Å²) < 4.78 is 0. The molecule has 2 aromatic rings. The predicted octanol–water partition coefficient (Wildman–Crippen LogP) is 3.72. The minimum atomic E-state index is 0.387. The minimum absolute atomic E-state index is 0.387. The highest BCUT2D eigenvalue weighted by Gasteiger charge is 2.28. The number of aromatic nitrogens is 2. The summed E-state index contributed by atoms with van der Waals surface area (Å²) in [6.45, 7) is 2.38. The Labute approximate surface area is 120 Å². The van der Waals surface area contributed by atoms with Gasteiger partial charge in [0.2, 0.25) is 0 Å². The molecule has 0 radical (unpaired) electrons. The maximum atomic E-state index is 4.56. The summed E-state index contributed by atoms with van der Waals surface area (Å²) in [6.07, 6.45) is 8.91. The van der Waals surface area contributed by atoms with E-state index in [0.29, 0.717) is 12.0 Å². The largest absolute Gasteiger partial charge is 0.313 e. The van der Waals surface area contributed by atoms with Crippen molar-refractivity contribution >= 4 is 11.0 Å². The van der Waals surface area contributed by atoms with Crippen molar-refractivity contribution in [3.05, 3.63) is 36.2 Å². The van der Waals surface area contributed by atoms with Crippen molar-refractivity contribution in [1.82, 2.24) is 15.3 Å². The molecular weight excluding hydrogens is 246 g/mol. The Hall–Kier alpha value is -1.48. The molecule has 1 aliphatic rings. The van der Waals surface area contributed by atoms with Crippen LogP contribution in [0.1, 0.15) is 44.2 Å². The maximum absolute atomic E-state index is 4.56. The average molecular weight is 269 g/mol. The molecule has 106 valence electrons. The molecule has 0 aliphatic heterocycles. The number of nitrogens with one attached hydrogen (secondary N) is 1. The first kappa shape index (κ1) is 13.5. The lowest BCUT2D eigenvalue weighted by Crippen LogP contribution is -2.29. The van der Waals surface area contributed by atoms with Gasteiger partial charge in [-0.05, 0) is 43.4 Å². The van der Waals surface area contributed by atoms with Gasteiger partial charge in [0.25, 0.3) is 0 Å². The molecule has 1 aromatic heterocycles. The van der Waals surface area contributed by atoms with E-state index in [1.165, 1.54) is 31.2 Å². The van der Waals surface area contributed by atoms with E-state index >= 15 is 0 Å². The minimum Gasteiger partial charge on any atom is -0.313 e. The number of rotatable bonds is 3. The SMILES string of the molecule is CNC(c1cccc2nccnc12)C1CCCC(C)C1. The van der Waals surface area contributed by atoms with Crippen LogP contribution >= 0.6 is 0 Å². The summed E-state index contributed by atoms with van der Waals surface area (Å²) in [4.78, 5) is 8.99. The van der Waals surface area contributed by atoms with Crippen LogP contribution in [0, 0.1) is 11.8 Å². The van der Waals surface area contributed by atoms with Crippen LogP contribution < -0.4 is 5.32 Å². The first-order valence-electron chi connectivity index (χ1n) is 7.66. The zero-order chi connectivity index (χ0) is 13.9. The molecule has 3 nitrogen and oxygen atoms in total. The third kappa shape index (κ3) is 2.55. The fourth-order valence-corrected chi connectivity index (χ4v) is 3.69. The number of benzene rings is 1. The number of hydrogen-bond acceptors (Lipinski definition) is 3. The lowest BCUT2D eigenvalue weighted by atomic mass is 9.76. The maximum Gasteiger partial charge on any atom is 0.0934 e. The van der Waals surface area contributed by atoms with Crippen molar-refractivity contribution in [1.29, 1.82) is 0 Å². The van der Waals surface area contributed by atoms with E-state index in [1.807, 2.05) is 6.07 Å². The van der Waals surface area contributed by atoms with Gasteiger partial charge in [-0.2, -0.15) is 0 Å². The van der Waals surface area contributed by atoms with Crippen LogP contribution in [0.4, 0.5) is 0 Å². The van der Waals surface area contributed by atoms with Gasteiger partial charge in [-0.3, -0.25) is 9.97 Å². The molecule has 1 aliphatic carbocycles. The highest BCUT2D eigenvalue weighted by molar-refractivity contribution is 5.78. The summed E-state index contributed by atoms with van der Waals surface area (Å²) in [5.41, 5.74) is 3.35. The van der Waals surface area contributed by atoms with E-state index in [2.05, 4.69) is 41.4 Å². The molecule has 20 heavy (non-hydrogen) atoms. The lowest BCUT2D eigenvalue weighted by Gasteiger charge is -2.33. The van der Waals surface area contributed by atoms with E-state index in [4.69, 9.17) is 0 Å². The van der Waals surface area contributed by atoms with E-state index in [-0.39, 0.29) is 0 Å². The van der Waals surface area contributed by atoms with Gasteiger partial charge in [0.1, 0.15) is 0 Å². The number of para-hydroxylation sites is 1. The monoisotopic (exact) mass is 269 g/mol. The molecule has 3 rings (SSSR count). The lowest BCUT2D eigenvalue weighted by molar-refractivity contribution is 0.230. The molecule has 1 heterocycles. The average Bonchev–Trinajstić information content (AvgIpc) is 2.48. The van der Waals surface area contributed by atoms with Crippen LogP contribution in [0.5, 0.6) is 0 Å². The Morgan fingerprint density at radius 2 is 2.05 bits per heavy atom. The second kappa shape index (κ2) is 5.88. The van der Waals surface area contributed by atoms with Crippen LogP contribution in [0.25, 0.3) is 11.0 Å². The summed E-state index contributed by atoms with van der Waals surface area (Å²) in [5, 5.41) is 3.53. The third-order valence-electron chi connectivity index (χ3n) is 4.62. The summed E-state index contributed by atoms with van der Waals surface area (Å²) in [6, 6.07) is 6.74. The second-order valence-corrected chi connectivity index (χ2v) is 6.07. The fraction of sp³-hybridized carbons (Fsp3) is 0.529. The van der Waals surface area contributed by atoms with Gasteiger partial charge in [0.05, 0.1) is 11.0 Å². The summed E-state index contributed by atoms with van der Waals surface area (Å²) in [5.74, 6) is 1.54. The molecule has 1 aromatic carbocycles. The van der Waals surface area contributed by atoms with Crippen molar-refractivity contribution in [2.75, 3.05) is 7.05 Å². The van der Waals surface area contributed by atoms with Gasteiger partial charge in [-0.15, -0.1) is 0 Å². The molecular formula is C17H23N3. The van der Waals surface area contributed by atoms with Gasteiger partial charge < -0.3 is 5.32 Å². The van der Waals surface area contributed by atoms with Crippen molar-refractivity contribution in [3.8, 4) is 0 Å². The fourth-order valence-electron chi connectivity index (χ4n) is 3.69. The van der Waals surface area contributed by atoms with E-state index in [0.717, 1.165) is 17.0 Å². The highest BCUT2D eigenvalue weighted by Crippen LogP contribution is 2.38. The molecule has 0 bridgehead atoms. The zero-order valence-corrected chi connectivity index (χ0v) is 12.3. The van der Waals surface area contributed by atoms with E-state index < -0.39 is 0 Å². The molecule has 3 atom stereocenters. The van der Waals surface area contributed by atoms with Gasteiger partial charge in [-0.1, -0.05) is 31.9 Å². The van der Waals surface area contributed by atoms with E-state index in [9.17, 15) is 0 Å². The van der Waals surface area contributed by atoms with Crippen LogP contribution in [0.3, 0.4) is 0 Å². The first-order chi connectivity index (χ1) is 9.79. The number of nitrogens with zero attached hydrogens (tertiary/aromatic N) is 2. The Morgan fingerprint density at radius 3 is 2.85 bits per heavy atom. The van der Waals surface area contributed by atoms with Crippen molar-refractivity contribution in [2.45, 2.75) is 38.6 Å². The Morgan fingerprint density at radius 1 is 1.20 bits per heavy atom. The first-order valence-corrected chi connectivity index (χ1v) is 7.66. The van der Waals surface area contributed by atoms with Gasteiger partial charge >= 0.3 is 0 Å². The van der Waals surface area contributed by atoms with Gasteiger partial charge in [0, 0.05) is 18.4 Å². The van der Waals surface area contributed by atoms with E-state index in [1.54, 1.807) is 12.4 Å². The Balaban J connectivity index is 1.98. The normalized spacial score (nSPS) is 24.7. The van der Waals surface area contributed by atoms with Crippen molar-refractivity contribution < 1.29 is 0 Å². The highest BCUT2D eigenvalue weighted by atomic mass is 14.9. The molecule has 3 unspecified atom stereocenters. The number of hydrogen-bond donors (Lipinski definition) is 1. The molecule has 0 amide bonds. The zero-order valence-electron chi connectivity index (χ0n) is 12.3. The molecule has 0 spiro atoms. The quantitative estimate of drug-likeness (QED) is 0.923. The predicted molar refractivity (Wildman–Crippen MR) is 82.5 cm³/mol. The topological polar surface area (TPSA) is 37.8 Å². The Bertz CT molecular complexity index is 576. The van der Waals surface area contributed by atoms with Crippen LogP contribution in [-0.4, -0.2) is 17.0 Å². The Kier molecular flexibility index (Phi) is 3.97. The van der Waals surface area contributed by atoms with Gasteiger partial charge in [0.15, 0.2) is 0 Å². The molecule has 1 N–H and O–H groups in total. The second-order valence-electron chi connectivity index (χ2n) is 6.07. The van der Waals surface area contributed by atoms with Crippen molar-refractivity contribution in [3.63, 3.8) is 0 Å². The third-order valence-corrected chi connectivity index (χ3v) is 4.62. The number of fused-ring (bicyclic) bond motifs is 1.